The number of unbranched alkanes of at least 4 members (excludes halogenated alkanes) is 2. The monoisotopic (exact) mass is 199 g/mol. The van der Waals surface area contributed by atoms with Crippen LogP contribution in [0.4, 0.5) is 0 Å². The second kappa shape index (κ2) is 6.14. The molecule has 0 bridgehead atoms. The Morgan fingerprint density at radius 2 is 2.29 bits per heavy atom. The highest BCUT2D eigenvalue weighted by atomic mass is 16.3. The number of aliphatic hydroxyl groups is 1. The highest BCUT2D eigenvalue weighted by molar-refractivity contribution is 5.79. The normalized spacial score (nSPS) is 28.0. The van der Waals surface area contributed by atoms with Gasteiger partial charge < -0.3 is 10.4 Å². The van der Waals surface area contributed by atoms with E-state index in [1.807, 2.05) is 0 Å². The second-order valence-corrected chi connectivity index (χ2v) is 4.12. The number of nitrogens with one attached hydrogen (secondary N) is 1. The first-order chi connectivity index (χ1) is 6.74. The molecule has 1 rings (SSSR count). The van der Waals surface area contributed by atoms with Crippen LogP contribution >= 0.6 is 0 Å². The number of hydrogen-bond donors (Lipinski definition) is 2. The van der Waals surface area contributed by atoms with E-state index in [0.29, 0.717) is 12.8 Å². The van der Waals surface area contributed by atoms with Crippen LogP contribution in [0.3, 0.4) is 0 Å². The molecule has 0 aromatic carbocycles. The highest BCUT2D eigenvalue weighted by Crippen LogP contribution is 2.15. The van der Waals surface area contributed by atoms with Crippen molar-refractivity contribution >= 4 is 5.78 Å². The molecule has 3 heteroatoms. The first kappa shape index (κ1) is 11.7. The van der Waals surface area contributed by atoms with E-state index in [9.17, 15) is 9.90 Å². The van der Waals surface area contributed by atoms with Gasteiger partial charge in [0.1, 0.15) is 5.78 Å². The third kappa shape index (κ3) is 3.76. The lowest BCUT2D eigenvalue weighted by molar-refractivity contribution is -0.123. The Kier molecular flexibility index (Phi) is 5.12. The summed E-state index contributed by atoms with van der Waals surface area (Å²) in [5.74, 6) is 0.198. The predicted molar refractivity (Wildman–Crippen MR) is 56.2 cm³/mol. The van der Waals surface area contributed by atoms with Gasteiger partial charge in [0.15, 0.2) is 0 Å². The average Bonchev–Trinajstić information content (AvgIpc) is 2.15. The highest BCUT2D eigenvalue weighted by Gasteiger charge is 2.26. The van der Waals surface area contributed by atoms with Crippen molar-refractivity contribution in [2.75, 3.05) is 6.54 Å². The SMILES string of the molecule is CCCCCNC1CCC(=O)CC1O. The molecule has 0 saturated heterocycles. The number of hydrogen-bond acceptors (Lipinski definition) is 3. The zero-order chi connectivity index (χ0) is 10.4. The van der Waals surface area contributed by atoms with Gasteiger partial charge in [-0.25, -0.2) is 0 Å². The molecule has 0 aliphatic heterocycles. The summed E-state index contributed by atoms with van der Waals surface area (Å²) in [4.78, 5) is 11.0. The van der Waals surface area contributed by atoms with Gasteiger partial charge in [-0.3, -0.25) is 4.79 Å². The Bertz CT molecular complexity index is 182. The van der Waals surface area contributed by atoms with Gasteiger partial charge in [0.05, 0.1) is 6.10 Å². The lowest BCUT2D eigenvalue weighted by Gasteiger charge is -2.27. The van der Waals surface area contributed by atoms with Gasteiger partial charge in [-0.15, -0.1) is 0 Å². The van der Waals surface area contributed by atoms with Gasteiger partial charge in [0.25, 0.3) is 0 Å². The fraction of sp³-hybridized carbons (Fsp3) is 0.909. The molecule has 1 aliphatic carbocycles. The zero-order valence-electron chi connectivity index (χ0n) is 8.96. The van der Waals surface area contributed by atoms with Crippen LogP contribution in [0.1, 0.15) is 45.4 Å². The molecule has 0 spiro atoms. The quantitative estimate of drug-likeness (QED) is 0.655. The van der Waals surface area contributed by atoms with Gasteiger partial charge in [-0.1, -0.05) is 19.8 Å². The van der Waals surface area contributed by atoms with Gasteiger partial charge in [-0.2, -0.15) is 0 Å². The molecule has 14 heavy (non-hydrogen) atoms. The molecule has 0 aromatic rings. The van der Waals surface area contributed by atoms with Crippen LogP contribution in [0.15, 0.2) is 0 Å². The van der Waals surface area contributed by atoms with E-state index in [1.54, 1.807) is 0 Å². The Labute approximate surface area is 85.9 Å². The molecule has 2 unspecified atom stereocenters. The topological polar surface area (TPSA) is 49.3 Å². The fourth-order valence-corrected chi connectivity index (χ4v) is 1.89. The van der Waals surface area contributed by atoms with Crippen molar-refractivity contribution in [2.24, 2.45) is 0 Å². The maximum Gasteiger partial charge on any atom is 0.135 e. The van der Waals surface area contributed by atoms with Gasteiger partial charge >= 0.3 is 0 Å². The Balaban J connectivity index is 2.14. The van der Waals surface area contributed by atoms with Crippen molar-refractivity contribution in [2.45, 2.75) is 57.6 Å². The summed E-state index contributed by atoms with van der Waals surface area (Å²) in [5, 5.41) is 12.9. The summed E-state index contributed by atoms with van der Waals surface area (Å²) in [7, 11) is 0. The summed E-state index contributed by atoms with van der Waals surface area (Å²) < 4.78 is 0. The van der Waals surface area contributed by atoms with Crippen LogP contribution < -0.4 is 5.32 Å². The van der Waals surface area contributed by atoms with Crippen LogP contribution in [-0.2, 0) is 4.79 Å². The molecule has 1 fully saturated rings. The zero-order valence-corrected chi connectivity index (χ0v) is 8.96. The van der Waals surface area contributed by atoms with Crippen molar-refractivity contribution in [1.82, 2.24) is 5.32 Å². The standard InChI is InChI=1S/C11H21NO2/c1-2-3-4-7-12-10-6-5-9(13)8-11(10)14/h10-12,14H,2-8H2,1H3. The maximum absolute atomic E-state index is 11.0. The smallest absolute Gasteiger partial charge is 0.135 e. The lowest BCUT2D eigenvalue weighted by atomic mass is 9.91. The second-order valence-electron chi connectivity index (χ2n) is 4.12. The lowest BCUT2D eigenvalue weighted by Crippen LogP contribution is -2.44. The van der Waals surface area contributed by atoms with Gasteiger partial charge in [-0.05, 0) is 19.4 Å². The fourth-order valence-electron chi connectivity index (χ4n) is 1.89. The number of aliphatic hydroxyl groups excluding tert-OH is 1. The molecule has 0 heterocycles. The number of rotatable bonds is 5. The summed E-state index contributed by atoms with van der Waals surface area (Å²) in [6, 6.07) is 0.143. The van der Waals surface area contributed by atoms with E-state index in [4.69, 9.17) is 0 Å². The Hall–Kier alpha value is -0.410. The Morgan fingerprint density at radius 3 is 2.93 bits per heavy atom. The largest absolute Gasteiger partial charge is 0.391 e. The minimum absolute atomic E-state index is 0.143. The molecule has 0 amide bonds. The van der Waals surface area contributed by atoms with Crippen molar-refractivity contribution in [3.05, 3.63) is 0 Å². The average molecular weight is 199 g/mol. The van der Waals surface area contributed by atoms with E-state index in [0.717, 1.165) is 19.4 Å². The number of Topliss-reactive ketones (excluding diaryl/α,β-unsaturated/α-hetero) is 1. The van der Waals surface area contributed by atoms with E-state index in [2.05, 4.69) is 12.2 Å². The van der Waals surface area contributed by atoms with Crippen molar-refractivity contribution in [3.63, 3.8) is 0 Å². The molecule has 0 radical (unpaired) electrons. The third-order valence-electron chi connectivity index (χ3n) is 2.82. The maximum atomic E-state index is 11.0. The van der Waals surface area contributed by atoms with Crippen LogP contribution in [0, 0.1) is 0 Å². The molecule has 1 aliphatic rings. The first-order valence-corrected chi connectivity index (χ1v) is 5.67. The van der Waals surface area contributed by atoms with E-state index < -0.39 is 6.10 Å². The van der Waals surface area contributed by atoms with Crippen LogP contribution in [0.2, 0.25) is 0 Å². The molecule has 82 valence electrons. The minimum atomic E-state index is -0.460. The number of carbonyl (C=O) groups excluding carboxylic acids is 1. The molecule has 3 nitrogen and oxygen atoms in total. The molecule has 0 aromatic heterocycles. The first-order valence-electron chi connectivity index (χ1n) is 5.67. The molecular weight excluding hydrogens is 178 g/mol. The van der Waals surface area contributed by atoms with E-state index in [-0.39, 0.29) is 11.8 Å². The third-order valence-corrected chi connectivity index (χ3v) is 2.82. The summed E-state index contributed by atoms with van der Waals surface area (Å²) in [6.07, 6.45) is 4.91. The molecular formula is C11H21NO2. The minimum Gasteiger partial charge on any atom is -0.391 e. The predicted octanol–water partition coefficient (Wildman–Crippen LogP) is 1.25. The van der Waals surface area contributed by atoms with Gasteiger partial charge in [0, 0.05) is 18.9 Å². The Morgan fingerprint density at radius 1 is 1.50 bits per heavy atom. The van der Waals surface area contributed by atoms with Crippen LogP contribution in [-0.4, -0.2) is 29.6 Å². The van der Waals surface area contributed by atoms with Crippen LogP contribution in [0.5, 0.6) is 0 Å². The van der Waals surface area contributed by atoms with Crippen molar-refractivity contribution in [1.29, 1.82) is 0 Å². The van der Waals surface area contributed by atoms with Gasteiger partial charge in [0.2, 0.25) is 0 Å². The summed E-state index contributed by atoms with van der Waals surface area (Å²) in [6.45, 7) is 3.14. The van der Waals surface area contributed by atoms with Crippen molar-refractivity contribution < 1.29 is 9.90 Å². The number of ketones is 1. The van der Waals surface area contributed by atoms with Crippen LogP contribution in [0.25, 0.3) is 0 Å². The molecule has 2 N–H and O–H groups in total. The summed E-state index contributed by atoms with van der Waals surface area (Å²) >= 11 is 0. The molecule has 1 saturated carbocycles. The molecule has 2 atom stereocenters. The number of carbonyl (C=O) groups is 1. The van der Waals surface area contributed by atoms with E-state index in [1.165, 1.54) is 12.8 Å². The van der Waals surface area contributed by atoms with E-state index >= 15 is 0 Å². The summed E-state index contributed by atoms with van der Waals surface area (Å²) in [5.41, 5.74) is 0. The van der Waals surface area contributed by atoms with Crippen molar-refractivity contribution in [3.8, 4) is 0 Å².